The Labute approximate surface area is 58.9 Å². The van der Waals surface area contributed by atoms with Gasteiger partial charge in [-0.05, 0) is 12.5 Å². The highest BCUT2D eigenvalue weighted by Gasteiger charge is 1.90. The second-order valence-corrected chi connectivity index (χ2v) is 2.31. The third-order valence-electron chi connectivity index (χ3n) is 1.60. The first-order valence-corrected chi connectivity index (χ1v) is 3.41. The number of hydrogen-bond acceptors (Lipinski definition) is 2. The van der Waals surface area contributed by atoms with Crippen LogP contribution in [0.3, 0.4) is 0 Å². The van der Waals surface area contributed by atoms with Crippen LogP contribution in [-0.4, -0.2) is 11.5 Å². The minimum atomic E-state index is 0.928. The number of rotatable bonds is 0. The van der Waals surface area contributed by atoms with Crippen LogP contribution in [0.2, 0.25) is 0 Å². The van der Waals surface area contributed by atoms with E-state index in [0.717, 1.165) is 18.3 Å². The van der Waals surface area contributed by atoms with Crippen molar-refractivity contribution in [2.24, 2.45) is 4.99 Å². The zero-order valence-electron chi connectivity index (χ0n) is 5.62. The highest BCUT2D eigenvalue weighted by atomic mass is 14.7. The average molecular weight is 132 g/mol. The summed E-state index contributed by atoms with van der Waals surface area (Å²) >= 11 is 0. The minimum Gasteiger partial charge on any atom is -0.284 e. The van der Waals surface area contributed by atoms with Crippen molar-refractivity contribution in [3.05, 3.63) is 29.0 Å². The van der Waals surface area contributed by atoms with Gasteiger partial charge in [0, 0.05) is 24.2 Å². The van der Waals surface area contributed by atoms with Crippen molar-refractivity contribution in [2.75, 3.05) is 6.54 Å². The maximum absolute atomic E-state index is 4.32. The lowest BCUT2D eigenvalue weighted by Gasteiger charge is -1.96. The van der Waals surface area contributed by atoms with Crippen molar-refractivity contribution in [3.63, 3.8) is 0 Å². The maximum atomic E-state index is 4.32. The van der Waals surface area contributed by atoms with Gasteiger partial charge in [0.15, 0.2) is 0 Å². The molecule has 0 bridgehead atoms. The summed E-state index contributed by atoms with van der Waals surface area (Å²) in [4.78, 5) is 8.33. The summed E-state index contributed by atoms with van der Waals surface area (Å²) < 4.78 is 0. The molecule has 1 aliphatic heterocycles. The predicted molar refractivity (Wildman–Crippen MR) is 39.0 cm³/mol. The first-order chi connectivity index (χ1) is 4.97. The molecular weight excluding hydrogens is 124 g/mol. The molecule has 50 valence electrons. The van der Waals surface area contributed by atoms with Crippen molar-refractivity contribution in [1.82, 2.24) is 4.98 Å². The summed E-state index contributed by atoms with van der Waals surface area (Å²) in [6.07, 6.45) is 6.87. The fraction of sp³-hybridized carbons (Fsp3) is 0.250. The Bertz CT molecular complexity index is 306. The van der Waals surface area contributed by atoms with Gasteiger partial charge in [0.2, 0.25) is 0 Å². The van der Waals surface area contributed by atoms with Crippen LogP contribution < -0.4 is 10.6 Å². The predicted octanol–water partition coefficient (Wildman–Crippen LogP) is -0.115. The van der Waals surface area contributed by atoms with E-state index in [-0.39, 0.29) is 0 Å². The summed E-state index contributed by atoms with van der Waals surface area (Å²) in [7, 11) is 0. The molecule has 0 N–H and O–H groups in total. The molecule has 0 aliphatic carbocycles. The molecule has 0 atom stereocenters. The SMILES string of the molecule is C1=c2cnccc2=NCC1. The van der Waals surface area contributed by atoms with Gasteiger partial charge in [-0.2, -0.15) is 0 Å². The van der Waals surface area contributed by atoms with E-state index >= 15 is 0 Å². The van der Waals surface area contributed by atoms with E-state index in [1.54, 1.807) is 6.20 Å². The number of aromatic nitrogens is 1. The first kappa shape index (κ1) is 5.59. The van der Waals surface area contributed by atoms with Crippen molar-refractivity contribution >= 4 is 6.08 Å². The number of nitrogens with zero attached hydrogens (tertiary/aromatic N) is 2. The Morgan fingerprint density at radius 2 is 2.40 bits per heavy atom. The van der Waals surface area contributed by atoms with Crippen molar-refractivity contribution in [3.8, 4) is 0 Å². The number of hydrogen-bond donors (Lipinski definition) is 0. The molecule has 10 heavy (non-hydrogen) atoms. The molecule has 0 radical (unpaired) electrons. The van der Waals surface area contributed by atoms with Crippen molar-refractivity contribution in [1.29, 1.82) is 0 Å². The molecule has 0 unspecified atom stereocenters. The fourth-order valence-corrected chi connectivity index (χ4v) is 1.11. The zero-order valence-corrected chi connectivity index (χ0v) is 5.62. The van der Waals surface area contributed by atoms with E-state index in [4.69, 9.17) is 0 Å². The Morgan fingerprint density at radius 3 is 3.30 bits per heavy atom. The molecule has 0 aromatic carbocycles. The van der Waals surface area contributed by atoms with E-state index in [1.807, 2.05) is 12.3 Å². The molecule has 0 saturated heterocycles. The van der Waals surface area contributed by atoms with Crippen LogP contribution in [0.4, 0.5) is 0 Å². The van der Waals surface area contributed by atoms with E-state index < -0.39 is 0 Å². The molecular formula is C8H8N2. The molecule has 0 amide bonds. The smallest absolute Gasteiger partial charge is 0.0674 e. The van der Waals surface area contributed by atoms with E-state index in [1.165, 1.54) is 5.22 Å². The summed E-state index contributed by atoms with van der Waals surface area (Å²) in [5, 5.41) is 2.26. The lowest BCUT2D eigenvalue weighted by Crippen LogP contribution is -2.27. The van der Waals surface area contributed by atoms with Gasteiger partial charge in [0.05, 0.1) is 5.36 Å². The van der Waals surface area contributed by atoms with Gasteiger partial charge >= 0.3 is 0 Å². The van der Waals surface area contributed by atoms with Gasteiger partial charge in [-0.25, -0.2) is 0 Å². The van der Waals surface area contributed by atoms with Gasteiger partial charge in [-0.3, -0.25) is 9.98 Å². The Kier molecular flexibility index (Phi) is 1.24. The molecule has 1 aromatic rings. The van der Waals surface area contributed by atoms with Crippen LogP contribution in [0.25, 0.3) is 6.08 Å². The van der Waals surface area contributed by atoms with E-state index in [9.17, 15) is 0 Å². The third-order valence-corrected chi connectivity index (χ3v) is 1.60. The topological polar surface area (TPSA) is 25.2 Å². The van der Waals surface area contributed by atoms with Gasteiger partial charge in [0.1, 0.15) is 0 Å². The normalized spacial score (nSPS) is 14.8. The molecule has 0 saturated carbocycles. The van der Waals surface area contributed by atoms with Gasteiger partial charge in [-0.15, -0.1) is 0 Å². The molecule has 0 fully saturated rings. The lowest BCUT2D eigenvalue weighted by atomic mass is 10.2. The first-order valence-electron chi connectivity index (χ1n) is 3.41. The number of pyridine rings is 1. The minimum absolute atomic E-state index is 0.928. The molecule has 0 spiro atoms. The standard InChI is InChI=1S/C8H8N2/c1-2-7-6-9-5-3-8(7)10-4-1/h2-3,5-6H,1,4H2. The second kappa shape index (κ2) is 2.21. The average Bonchev–Trinajstić information content (AvgIpc) is 2.05. The third kappa shape index (κ3) is 0.817. The largest absolute Gasteiger partial charge is 0.284 e. The molecule has 1 aliphatic rings. The molecule has 2 heteroatoms. The van der Waals surface area contributed by atoms with Crippen molar-refractivity contribution in [2.45, 2.75) is 6.42 Å². The van der Waals surface area contributed by atoms with Gasteiger partial charge in [-0.1, -0.05) is 6.08 Å². The van der Waals surface area contributed by atoms with E-state index in [2.05, 4.69) is 16.1 Å². The van der Waals surface area contributed by atoms with Gasteiger partial charge in [0.25, 0.3) is 0 Å². The lowest BCUT2D eigenvalue weighted by molar-refractivity contribution is 0.953. The second-order valence-electron chi connectivity index (χ2n) is 2.31. The maximum Gasteiger partial charge on any atom is 0.0674 e. The quantitative estimate of drug-likeness (QED) is 0.483. The van der Waals surface area contributed by atoms with Crippen LogP contribution in [0.15, 0.2) is 23.5 Å². The van der Waals surface area contributed by atoms with Crippen LogP contribution in [0, 0.1) is 0 Å². The van der Waals surface area contributed by atoms with Crippen LogP contribution >= 0.6 is 0 Å². The number of fused-ring (bicyclic) bond motifs is 1. The molecule has 2 nitrogen and oxygen atoms in total. The fourth-order valence-electron chi connectivity index (χ4n) is 1.11. The van der Waals surface area contributed by atoms with Crippen LogP contribution in [-0.2, 0) is 0 Å². The Balaban J connectivity index is 2.84. The van der Waals surface area contributed by atoms with E-state index in [0.29, 0.717) is 0 Å². The highest BCUT2D eigenvalue weighted by Crippen LogP contribution is 1.84. The zero-order chi connectivity index (χ0) is 6.81. The Hall–Kier alpha value is -1.18. The summed E-state index contributed by atoms with van der Waals surface area (Å²) in [5.41, 5.74) is 0. The highest BCUT2D eigenvalue weighted by molar-refractivity contribution is 5.23. The van der Waals surface area contributed by atoms with Crippen molar-refractivity contribution < 1.29 is 0 Å². The van der Waals surface area contributed by atoms with Gasteiger partial charge < -0.3 is 0 Å². The van der Waals surface area contributed by atoms with Crippen LogP contribution in [0.1, 0.15) is 6.42 Å². The molecule has 2 heterocycles. The summed E-state index contributed by atoms with van der Waals surface area (Å²) in [5.74, 6) is 0. The molecule has 2 rings (SSSR count). The van der Waals surface area contributed by atoms with Crippen LogP contribution in [0.5, 0.6) is 0 Å². The Morgan fingerprint density at radius 1 is 1.40 bits per heavy atom. The molecule has 1 aromatic heterocycles. The summed E-state index contributed by atoms with van der Waals surface area (Å²) in [6.45, 7) is 0.928. The summed E-state index contributed by atoms with van der Waals surface area (Å²) in [6, 6.07) is 1.95. The monoisotopic (exact) mass is 132 g/mol.